The molecule has 0 aliphatic rings. The Hall–Kier alpha value is -1.69. The summed E-state index contributed by atoms with van der Waals surface area (Å²) in [6, 6.07) is 0. The number of nitrogens with zero attached hydrogens (tertiary/aromatic N) is 2. The maximum Gasteiger partial charge on any atom is 0.244 e. The van der Waals surface area contributed by atoms with E-state index in [9.17, 15) is 0 Å². The quantitative estimate of drug-likeness (QED) is 0.375. The van der Waals surface area contributed by atoms with Crippen LogP contribution in [0.15, 0.2) is 0 Å². The predicted molar refractivity (Wildman–Crippen MR) is 59.7 cm³/mol. The lowest BCUT2D eigenvalue weighted by atomic mass is 10.1. The molecule has 0 radical (unpaired) electrons. The molecule has 0 aliphatic carbocycles. The van der Waals surface area contributed by atoms with Gasteiger partial charge in [-0.2, -0.15) is 5.10 Å². The Bertz CT molecular complexity index is 393. The van der Waals surface area contributed by atoms with Crippen LogP contribution in [0.5, 0.6) is 5.88 Å². The minimum Gasteiger partial charge on any atom is -0.476 e. The highest BCUT2D eigenvalue weighted by Gasteiger charge is 2.14. The molecule has 0 amide bonds. The number of aromatic nitrogens is 2. The van der Waals surface area contributed by atoms with E-state index in [1.54, 1.807) is 6.92 Å². The van der Waals surface area contributed by atoms with Gasteiger partial charge in [0.15, 0.2) is 0 Å². The van der Waals surface area contributed by atoms with E-state index in [2.05, 4.69) is 10.2 Å². The van der Waals surface area contributed by atoms with Gasteiger partial charge >= 0.3 is 0 Å². The highest BCUT2D eigenvalue weighted by Crippen LogP contribution is 2.19. The monoisotopic (exact) mass is 224 g/mol. The molecular weight excluding hydrogens is 208 g/mol. The van der Waals surface area contributed by atoms with Crippen molar-refractivity contribution in [2.24, 2.45) is 5.73 Å². The second-order valence-corrected chi connectivity index (χ2v) is 3.43. The third-order valence-corrected chi connectivity index (χ3v) is 2.23. The van der Waals surface area contributed by atoms with E-state index in [0.29, 0.717) is 18.6 Å². The molecule has 1 aromatic heterocycles. The van der Waals surface area contributed by atoms with Crippen molar-refractivity contribution in [1.82, 2.24) is 10.2 Å². The van der Waals surface area contributed by atoms with Crippen LogP contribution >= 0.6 is 0 Å². The molecule has 0 unspecified atom stereocenters. The first kappa shape index (κ1) is 12.4. The molecule has 0 aliphatic heterocycles. The molecule has 88 valence electrons. The molecule has 4 N–H and O–H groups in total. The molecule has 1 aromatic rings. The van der Waals surface area contributed by atoms with E-state index >= 15 is 0 Å². The second kappa shape index (κ2) is 5.41. The van der Waals surface area contributed by atoms with Crippen LogP contribution in [0.3, 0.4) is 0 Å². The smallest absolute Gasteiger partial charge is 0.244 e. The van der Waals surface area contributed by atoms with Crippen molar-refractivity contribution in [2.75, 3.05) is 13.2 Å². The molecule has 0 saturated carbocycles. The van der Waals surface area contributed by atoms with Crippen molar-refractivity contribution < 1.29 is 9.84 Å². The highest BCUT2D eigenvalue weighted by atomic mass is 16.5. The van der Waals surface area contributed by atoms with Gasteiger partial charge in [0, 0.05) is 13.0 Å². The number of aliphatic hydroxyl groups excluding tert-OH is 1. The maximum absolute atomic E-state index is 8.64. The summed E-state index contributed by atoms with van der Waals surface area (Å²) in [5.74, 6) is 0.165. The van der Waals surface area contributed by atoms with Gasteiger partial charge in [0.25, 0.3) is 0 Å². The van der Waals surface area contributed by atoms with Crippen LogP contribution in [0.1, 0.15) is 23.2 Å². The molecule has 0 spiro atoms. The molecular formula is C10H16N4O2. The van der Waals surface area contributed by atoms with Crippen molar-refractivity contribution >= 4 is 5.84 Å². The van der Waals surface area contributed by atoms with Crippen molar-refractivity contribution in [2.45, 2.75) is 20.3 Å². The average Bonchev–Trinajstić information content (AvgIpc) is 2.23. The summed E-state index contributed by atoms with van der Waals surface area (Å²) in [6.07, 6.45) is 0.506. The van der Waals surface area contributed by atoms with E-state index < -0.39 is 0 Å². The Morgan fingerprint density at radius 3 is 2.69 bits per heavy atom. The zero-order chi connectivity index (χ0) is 12.1. The first-order chi connectivity index (χ1) is 7.57. The Morgan fingerprint density at radius 2 is 2.12 bits per heavy atom. The summed E-state index contributed by atoms with van der Waals surface area (Å²) >= 11 is 0. The SMILES string of the molecule is Cc1nnc(OCCCO)c(C(=N)N)c1C. The topological polar surface area (TPSA) is 105 Å². The van der Waals surface area contributed by atoms with Crippen molar-refractivity contribution in [3.8, 4) is 5.88 Å². The third-order valence-electron chi connectivity index (χ3n) is 2.23. The van der Waals surface area contributed by atoms with Crippen LogP contribution in [0, 0.1) is 19.3 Å². The molecule has 0 bridgehead atoms. The predicted octanol–water partition coefficient (Wildman–Crippen LogP) is 0.139. The maximum atomic E-state index is 8.64. The van der Waals surface area contributed by atoms with Crippen LogP contribution in [-0.2, 0) is 0 Å². The molecule has 6 heteroatoms. The fourth-order valence-corrected chi connectivity index (χ4v) is 1.24. The lowest BCUT2D eigenvalue weighted by molar-refractivity contribution is 0.227. The van der Waals surface area contributed by atoms with Crippen LogP contribution in [0.4, 0.5) is 0 Å². The van der Waals surface area contributed by atoms with Gasteiger partial charge in [0.1, 0.15) is 5.84 Å². The second-order valence-electron chi connectivity index (χ2n) is 3.43. The zero-order valence-electron chi connectivity index (χ0n) is 9.45. The van der Waals surface area contributed by atoms with Crippen molar-refractivity contribution in [3.05, 3.63) is 16.8 Å². The summed E-state index contributed by atoms with van der Waals surface area (Å²) < 4.78 is 5.32. The Balaban J connectivity index is 2.99. The van der Waals surface area contributed by atoms with Gasteiger partial charge in [0.05, 0.1) is 17.9 Å². The van der Waals surface area contributed by atoms with Crippen LogP contribution in [0.2, 0.25) is 0 Å². The van der Waals surface area contributed by atoms with Crippen molar-refractivity contribution in [1.29, 1.82) is 5.41 Å². The summed E-state index contributed by atoms with van der Waals surface area (Å²) in [6.45, 7) is 3.99. The molecule has 1 heterocycles. The van der Waals surface area contributed by atoms with Crippen molar-refractivity contribution in [3.63, 3.8) is 0 Å². The number of hydrogen-bond acceptors (Lipinski definition) is 5. The number of aliphatic hydroxyl groups is 1. The fraction of sp³-hybridized carbons (Fsp3) is 0.500. The van der Waals surface area contributed by atoms with Crippen LogP contribution in [0.25, 0.3) is 0 Å². The van der Waals surface area contributed by atoms with Gasteiger partial charge in [-0.3, -0.25) is 5.41 Å². The Labute approximate surface area is 94.0 Å². The zero-order valence-corrected chi connectivity index (χ0v) is 9.45. The lowest BCUT2D eigenvalue weighted by Crippen LogP contribution is -2.18. The van der Waals surface area contributed by atoms with Gasteiger partial charge in [-0.05, 0) is 19.4 Å². The van der Waals surface area contributed by atoms with E-state index in [1.807, 2.05) is 6.92 Å². The Morgan fingerprint density at radius 1 is 1.44 bits per heavy atom. The Kier molecular flexibility index (Phi) is 4.19. The number of nitrogens with two attached hydrogens (primary N) is 1. The third kappa shape index (κ3) is 2.66. The molecule has 0 fully saturated rings. The first-order valence-corrected chi connectivity index (χ1v) is 4.99. The number of aryl methyl sites for hydroxylation is 1. The van der Waals surface area contributed by atoms with Gasteiger partial charge in [-0.15, -0.1) is 5.10 Å². The minimum atomic E-state index is -0.0884. The van der Waals surface area contributed by atoms with Gasteiger partial charge in [-0.1, -0.05) is 0 Å². The summed E-state index contributed by atoms with van der Waals surface area (Å²) in [5, 5.41) is 23.9. The van der Waals surface area contributed by atoms with E-state index in [1.165, 1.54) is 0 Å². The standard InChI is InChI=1S/C10H16N4O2/c1-6-7(2)13-14-10(8(6)9(11)12)16-5-3-4-15/h15H,3-5H2,1-2H3,(H3,11,12). The number of rotatable bonds is 5. The van der Waals surface area contributed by atoms with Gasteiger partial charge in [0.2, 0.25) is 5.88 Å². The number of amidine groups is 1. The molecule has 16 heavy (non-hydrogen) atoms. The number of nitrogens with one attached hydrogen (secondary N) is 1. The van der Waals surface area contributed by atoms with Gasteiger partial charge < -0.3 is 15.6 Å². The van der Waals surface area contributed by atoms with Gasteiger partial charge in [-0.25, -0.2) is 0 Å². The van der Waals surface area contributed by atoms with Crippen LogP contribution < -0.4 is 10.5 Å². The normalized spacial score (nSPS) is 10.2. The fourth-order valence-electron chi connectivity index (χ4n) is 1.24. The average molecular weight is 224 g/mol. The largest absolute Gasteiger partial charge is 0.476 e. The lowest BCUT2D eigenvalue weighted by Gasteiger charge is -2.11. The number of nitrogen functional groups attached to an aromatic ring is 1. The van der Waals surface area contributed by atoms with E-state index in [4.69, 9.17) is 21.0 Å². The molecule has 0 saturated heterocycles. The minimum absolute atomic E-state index is 0.0493. The molecule has 6 nitrogen and oxygen atoms in total. The molecule has 0 aromatic carbocycles. The van der Waals surface area contributed by atoms with Crippen LogP contribution in [-0.4, -0.2) is 34.4 Å². The summed E-state index contributed by atoms with van der Waals surface area (Å²) in [4.78, 5) is 0. The van der Waals surface area contributed by atoms with E-state index in [-0.39, 0.29) is 18.3 Å². The first-order valence-electron chi connectivity index (χ1n) is 4.99. The molecule has 1 rings (SSSR count). The summed E-state index contributed by atoms with van der Waals surface area (Å²) in [5.41, 5.74) is 7.47. The number of ether oxygens (including phenoxy) is 1. The van der Waals surface area contributed by atoms with E-state index in [0.717, 1.165) is 11.3 Å². The summed E-state index contributed by atoms with van der Waals surface area (Å²) in [7, 11) is 0. The molecule has 0 atom stereocenters. The highest BCUT2D eigenvalue weighted by molar-refractivity contribution is 5.98. The number of hydrogen-bond donors (Lipinski definition) is 3.